The van der Waals surface area contributed by atoms with Gasteiger partial charge in [-0.1, -0.05) is 19.0 Å². The highest BCUT2D eigenvalue weighted by Crippen LogP contribution is 2.21. The van der Waals surface area contributed by atoms with Crippen LogP contribution in [0.5, 0.6) is 0 Å². The maximum Gasteiger partial charge on any atom is 0.144 e. The topological polar surface area (TPSA) is 100 Å². The van der Waals surface area contributed by atoms with Crippen LogP contribution in [0.15, 0.2) is 5.16 Å². The summed E-state index contributed by atoms with van der Waals surface area (Å²) in [5.41, 5.74) is 4.55. The predicted octanol–water partition coefficient (Wildman–Crippen LogP) is 0.916. The van der Waals surface area contributed by atoms with Gasteiger partial charge in [0.25, 0.3) is 0 Å². The highest BCUT2D eigenvalue weighted by atomic mass is 16.5. The number of methoxy groups -OCH3 is 1. The Morgan fingerprint density at radius 3 is 2.47 bits per heavy atom. The fourth-order valence-electron chi connectivity index (χ4n) is 1.69. The molecule has 0 aliphatic carbocycles. The van der Waals surface area contributed by atoms with Crippen LogP contribution in [0.4, 0.5) is 0 Å². The van der Waals surface area contributed by atoms with Crippen LogP contribution >= 0.6 is 0 Å². The number of hydrogen-bond acceptors (Lipinski definition) is 5. The number of nitrogens with two attached hydrogens (primary N) is 1. The van der Waals surface area contributed by atoms with Crippen molar-refractivity contribution in [3.05, 3.63) is 0 Å². The first-order chi connectivity index (χ1) is 8.75. The second kappa shape index (κ2) is 8.35. The van der Waals surface area contributed by atoms with Gasteiger partial charge in [-0.2, -0.15) is 0 Å². The van der Waals surface area contributed by atoms with Crippen molar-refractivity contribution in [2.75, 3.05) is 26.8 Å². The van der Waals surface area contributed by atoms with E-state index in [0.717, 1.165) is 19.4 Å². The lowest BCUT2D eigenvalue weighted by molar-refractivity contribution is 0.0250. The molecule has 0 fully saturated rings. The summed E-state index contributed by atoms with van der Waals surface area (Å²) >= 11 is 0. The van der Waals surface area contributed by atoms with E-state index in [1.54, 1.807) is 14.0 Å². The van der Waals surface area contributed by atoms with Crippen molar-refractivity contribution in [1.29, 1.82) is 0 Å². The van der Waals surface area contributed by atoms with Crippen LogP contribution < -0.4 is 11.1 Å². The van der Waals surface area contributed by atoms with Gasteiger partial charge in [0.1, 0.15) is 5.84 Å². The van der Waals surface area contributed by atoms with Crippen LogP contribution in [-0.4, -0.2) is 48.6 Å². The first-order valence-corrected chi connectivity index (χ1v) is 6.65. The fraction of sp³-hybridized carbons (Fsp3) is 0.923. The number of amidine groups is 1. The highest BCUT2D eigenvalue weighted by Gasteiger charge is 2.23. The fourth-order valence-corrected chi connectivity index (χ4v) is 1.69. The molecule has 0 spiro atoms. The van der Waals surface area contributed by atoms with Gasteiger partial charge in [-0.05, 0) is 26.3 Å². The molecule has 19 heavy (non-hydrogen) atoms. The number of oxime groups is 1. The third-order valence-electron chi connectivity index (χ3n) is 3.31. The molecule has 0 saturated carbocycles. The molecule has 114 valence electrons. The van der Waals surface area contributed by atoms with E-state index in [4.69, 9.17) is 15.7 Å². The zero-order valence-corrected chi connectivity index (χ0v) is 12.6. The van der Waals surface area contributed by atoms with Crippen LogP contribution in [0, 0.1) is 5.41 Å². The normalized spacial score (nSPS) is 16.4. The Labute approximate surface area is 116 Å². The highest BCUT2D eigenvalue weighted by molar-refractivity contribution is 5.85. The summed E-state index contributed by atoms with van der Waals surface area (Å²) < 4.78 is 4.95. The van der Waals surface area contributed by atoms with E-state index in [1.807, 2.05) is 13.8 Å². The summed E-state index contributed by atoms with van der Waals surface area (Å²) in [6, 6.07) is 0. The molecule has 5 N–H and O–H groups in total. The predicted molar refractivity (Wildman–Crippen MR) is 76.4 cm³/mol. The molecular formula is C13H29N3O3. The third-order valence-corrected chi connectivity index (χ3v) is 3.31. The van der Waals surface area contributed by atoms with E-state index in [1.165, 1.54) is 0 Å². The van der Waals surface area contributed by atoms with Gasteiger partial charge in [0.2, 0.25) is 0 Å². The number of rotatable bonds is 10. The summed E-state index contributed by atoms with van der Waals surface area (Å²) in [4.78, 5) is 0. The molecule has 6 heteroatoms. The van der Waals surface area contributed by atoms with Gasteiger partial charge in [-0.15, -0.1) is 0 Å². The van der Waals surface area contributed by atoms with E-state index in [0.29, 0.717) is 19.6 Å². The van der Waals surface area contributed by atoms with Crippen molar-refractivity contribution >= 4 is 5.84 Å². The molecule has 6 nitrogen and oxygen atoms in total. The molecule has 1 unspecified atom stereocenters. The molecule has 0 rings (SSSR count). The van der Waals surface area contributed by atoms with E-state index in [-0.39, 0.29) is 11.3 Å². The SMILES string of the molecule is COCCC(C)(O)CNCCCC(C)(C)C(N)=NO. The van der Waals surface area contributed by atoms with E-state index < -0.39 is 5.60 Å². The molecule has 0 amide bonds. The van der Waals surface area contributed by atoms with Crippen molar-refractivity contribution in [2.24, 2.45) is 16.3 Å². The monoisotopic (exact) mass is 275 g/mol. The van der Waals surface area contributed by atoms with E-state index in [9.17, 15) is 5.11 Å². The second-order valence-corrected chi connectivity index (χ2v) is 5.89. The van der Waals surface area contributed by atoms with Crippen LogP contribution in [0.1, 0.15) is 40.0 Å². The lowest BCUT2D eigenvalue weighted by atomic mass is 9.86. The van der Waals surface area contributed by atoms with Gasteiger partial charge >= 0.3 is 0 Å². The quantitative estimate of drug-likeness (QED) is 0.156. The Hall–Kier alpha value is -0.850. The molecule has 0 bridgehead atoms. The standard InChI is InChI=1S/C13H29N3O3/c1-12(2,11(14)16-18)6-5-8-15-10-13(3,17)7-9-19-4/h15,17-18H,5-10H2,1-4H3,(H2,14,16). The van der Waals surface area contributed by atoms with Gasteiger partial charge in [0.15, 0.2) is 0 Å². The Kier molecular flexibility index (Phi) is 7.97. The molecule has 0 aliphatic rings. The lowest BCUT2D eigenvalue weighted by Crippen LogP contribution is -2.39. The van der Waals surface area contributed by atoms with Crippen molar-refractivity contribution in [3.63, 3.8) is 0 Å². The van der Waals surface area contributed by atoms with Gasteiger partial charge in [0.05, 0.1) is 5.60 Å². The van der Waals surface area contributed by atoms with Gasteiger partial charge in [-0.3, -0.25) is 0 Å². The molecular weight excluding hydrogens is 246 g/mol. The Morgan fingerprint density at radius 2 is 1.95 bits per heavy atom. The number of ether oxygens (including phenoxy) is 1. The first kappa shape index (κ1) is 18.1. The van der Waals surface area contributed by atoms with E-state index in [2.05, 4.69) is 10.5 Å². The second-order valence-electron chi connectivity index (χ2n) is 5.89. The molecule has 0 aliphatic heterocycles. The lowest BCUT2D eigenvalue weighted by Gasteiger charge is -2.25. The van der Waals surface area contributed by atoms with Crippen molar-refractivity contribution in [2.45, 2.75) is 45.6 Å². The Bertz CT molecular complexity index is 278. The van der Waals surface area contributed by atoms with Crippen LogP contribution in [0.3, 0.4) is 0 Å². The van der Waals surface area contributed by atoms with Gasteiger partial charge in [-0.25, -0.2) is 0 Å². The van der Waals surface area contributed by atoms with Crippen LogP contribution in [0.25, 0.3) is 0 Å². The molecule has 0 saturated heterocycles. The maximum atomic E-state index is 10.0. The minimum atomic E-state index is -0.753. The molecule has 0 radical (unpaired) electrons. The Morgan fingerprint density at radius 1 is 1.32 bits per heavy atom. The minimum absolute atomic E-state index is 0.250. The number of aliphatic hydroxyl groups is 1. The number of nitrogens with zero attached hydrogens (tertiary/aromatic N) is 1. The Balaban J connectivity index is 3.82. The summed E-state index contributed by atoms with van der Waals surface area (Å²) in [5.74, 6) is 0.250. The van der Waals surface area contributed by atoms with E-state index >= 15 is 0 Å². The van der Waals surface area contributed by atoms with Crippen molar-refractivity contribution in [3.8, 4) is 0 Å². The molecule has 1 atom stereocenters. The van der Waals surface area contributed by atoms with Gasteiger partial charge in [0, 0.05) is 32.1 Å². The molecule has 0 heterocycles. The first-order valence-electron chi connectivity index (χ1n) is 6.65. The summed E-state index contributed by atoms with van der Waals surface area (Å²) in [7, 11) is 1.62. The summed E-state index contributed by atoms with van der Waals surface area (Å²) in [6.45, 7) is 7.53. The zero-order valence-electron chi connectivity index (χ0n) is 12.6. The maximum absolute atomic E-state index is 10.0. The summed E-state index contributed by atoms with van der Waals surface area (Å²) in [5, 5.41) is 24.9. The average molecular weight is 275 g/mol. The molecule has 0 aromatic rings. The van der Waals surface area contributed by atoms with Crippen LogP contribution in [-0.2, 0) is 4.74 Å². The van der Waals surface area contributed by atoms with Gasteiger partial charge < -0.3 is 26.1 Å². The average Bonchev–Trinajstić information content (AvgIpc) is 2.34. The summed E-state index contributed by atoms with van der Waals surface area (Å²) in [6.07, 6.45) is 2.31. The smallest absolute Gasteiger partial charge is 0.144 e. The van der Waals surface area contributed by atoms with Crippen molar-refractivity contribution in [1.82, 2.24) is 5.32 Å². The minimum Gasteiger partial charge on any atom is -0.409 e. The number of nitrogens with one attached hydrogen (secondary N) is 1. The van der Waals surface area contributed by atoms with Crippen molar-refractivity contribution < 1.29 is 15.1 Å². The molecule has 0 aromatic carbocycles. The zero-order chi connectivity index (χ0) is 14.9. The number of hydrogen-bond donors (Lipinski definition) is 4. The van der Waals surface area contributed by atoms with Crippen LogP contribution in [0.2, 0.25) is 0 Å². The third kappa shape index (κ3) is 8.02. The largest absolute Gasteiger partial charge is 0.409 e. The molecule has 0 aromatic heterocycles.